The molecule has 39 heavy (non-hydrogen) atoms. The monoisotopic (exact) mass is 536 g/mol. The highest BCUT2D eigenvalue weighted by Crippen LogP contribution is 2.36. The molecule has 0 radical (unpaired) electrons. The number of urea groups is 1. The van der Waals surface area contributed by atoms with Gasteiger partial charge in [-0.1, -0.05) is 0 Å². The van der Waals surface area contributed by atoms with Crippen LogP contribution in [0.15, 0.2) is 24.5 Å². The van der Waals surface area contributed by atoms with E-state index in [1.54, 1.807) is 20.7 Å². The first-order valence-corrected chi connectivity index (χ1v) is 13.3. The summed E-state index contributed by atoms with van der Waals surface area (Å²) < 4.78 is 13.0. The van der Waals surface area contributed by atoms with Gasteiger partial charge in [0.1, 0.15) is 17.1 Å². The highest BCUT2D eigenvalue weighted by Gasteiger charge is 2.34. The summed E-state index contributed by atoms with van der Waals surface area (Å²) in [5.41, 5.74) is 2.57. The zero-order chi connectivity index (χ0) is 27.9. The fourth-order valence-electron chi connectivity index (χ4n) is 5.11. The standard InChI is InChI=1S/C27H36N8O4/c1-7-38-24-20(14-18-16-32(6)31-22(18)30-24)29-25(36)35-11-9-19-21(8-10-28-23(19)35)33-12-13-34(17(2)15-33)26(37)39-27(3,4)5/h8,10,14,16-17H,7,9,11-13,15H2,1-6H3,(H,29,36)/t17-/m0/s1. The first-order chi connectivity index (χ1) is 18.5. The Labute approximate surface area is 227 Å². The smallest absolute Gasteiger partial charge is 0.410 e. The van der Waals surface area contributed by atoms with Gasteiger partial charge in [-0.25, -0.2) is 14.6 Å². The van der Waals surface area contributed by atoms with E-state index in [1.165, 1.54) is 0 Å². The Morgan fingerprint density at radius 3 is 2.72 bits per heavy atom. The number of nitrogens with zero attached hydrogens (tertiary/aromatic N) is 7. The van der Waals surface area contributed by atoms with Crippen LogP contribution in [0.25, 0.3) is 11.0 Å². The Morgan fingerprint density at radius 2 is 2.00 bits per heavy atom. The maximum atomic E-state index is 13.4. The predicted molar refractivity (Wildman–Crippen MR) is 149 cm³/mol. The minimum atomic E-state index is -0.535. The van der Waals surface area contributed by atoms with Crippen molar-refractivity contribution >= 4 is 40.4 Å². The van der Waals surface area contributed by atoms with Crippen LogP contribution in [-0.4, -0.2) is 81.2 Å². The number of nitrogens with one attached hydrogen (secondary N) is 1. The number of fused-ring (bicyclic) bond motifs is 2. The van der Waals surface area contributed by atoms with E-state index in [2.05, 4.69) is 25.3 Å². The van der Waals surface area contributed by atoms with Gasteiger partial charge in [0.2, 0.25) is 5.88 Å². The van der Waals surface area contributed by atoms with Crippen LogP contribution >= 0.6 is 0 Å². The van der Waals surface area contributed by atoms with E-state index in [9.17, 15) is 9.59 Å². The molecule has 0 bridgehead atoms. The molecule has 1 fully saturated rings. The molecule has 5 heterocycles. The lowest BCUT2D eigenvalue weighted by Crippen LogP contribution is -2.55. The third kappa shape index (κ3) is 5.41. The number of pyridine rings is 2. The van der Waals surface area contributed by atoms with E-state index in [4.69, 9.17) is 9.47 Å². The van der Waals surface area contributed by atoms with Crippen molar-refractivity contribution < 1.29 is 19.1 Å². The SMILES string of the molecule is CCOc1nc2nn(C)cc2cc1NC(=O)N1CCc2c(N3CCN(C(=O)OC(C)(C)C)[C@@H](C)C3)ccnc21. The molecule has 12 heteroatoms. The van der Waals surface area contributed by atoms with Crippen LogP contribution in [0.5, 0.6) is 5.88 Å². The summed E-state index contributed by atoms with van der Waals surface area (Å²) in [6.07, 6.45) is 3.98. The average molecular weight is 537 g/mol. The second-order valence-corrected chi connectivity index (χ2v) is 10.9. The van der Waals surface area contributed by atoms with Crippen LogP contribution in [0.2, 0.25) is 0 Å². The molecule has 0 spiro atoms. The zero-order valence-corrected chi connectivity index (χ0v) is 23.4. The van der Waals surface area contributed by atoms with Gasteiger partial charge in [0.05, 0.1) is 6.61 Å². The normalized spacial score (nSPS) is 17.4. The van der Waals surface area contributed by atoms with Crippen LogP contribution in [0.3, 0.4) is 0 Å². The fraction of sp³-hybridized carbons (Fsp3) is 0.519. The number of hydrogen-bond donors (Lipinski definition) is 1. The minimum Gasteiger partial charge on any atom is -0.476 e. The summed E-state index contributed by atoms with van der Waals surface area (Å²) in [5, 5.41) is 8.11. The van der Waals surface area contributed by atoms with Gasteiger partial charge in [-0.05, 0) is 53.2 Å². The Bertz CT molecular complexity index is 1400. The molecule has 5 rings (SSSR count). The molecule has 3 aromatic rings. The zero-order valence-electron chi connectivity index (χ0n) is 23.4. The number of anilines is 3. The highest BCUT2D eigenvalue weighted by molar-refractivity contribution is 6.04. The summed E-state index contributed by atoms with van der Waals surface area (Å²) in [6, 6.07) is 3.49. The number of carbonyl (C=O) groups is 2. The summed E-state index contributed by atoms with van der Waals surface area (Å²) in [4.78, 5) is 40.9. The van der Waals surface area contributed by atoms with Crippen molar-refractivity contribution in [2.45, 2.75) is 52.7 Å². The first-order valence-electron chi connectivity index (χ1n) is 13.3. The van der Waals surface area contributed by atoms with E-state index in [-0.39, 0.29) is 18.2 Å². The number of carbonyl (C=O) groups excluding carboxylic acids is 2. The number of piperazine rings is 1. The van der Waals surface area contributed by atoms with Crippen LogP contribution in [0, 0.1) is 0 Å². The molecule has 0 aliphatic carbocycles. The van der Waals surface area contributed by atoms with Crippen LogP contribution < -0.4 is 19.9 Å². The molecule has 0 saturated carbocycles. The van der Waals surface area contributed by atoms with E-state index in [0.29, 0.717) is 62.2 Å². The second-order valence-electron chi connectivity index (χ2n) is 10.9. The van der Waals surface area contributed by atoms with Crippen molar-refractivity contribution in [1.29, 1.82) is 0 Å². The second kappa shape index (κ2) is 10.2. The van der Waals surface area contributed by atoms with Gasteiger partial charge in [-0.2, -0.15) is 10.1 Å². The molecule has 1 atom stereocenters. The number of hydrogen-bond acceptors (Lipinski definition) is 8. The number of aryl methyl sites for hydroxylation is 1. The fourth-order valence-corrected chi connectivity index (χ4v) is 5.11. The van der Waals surface area contributed by atoms with Gasteiger partial charge >= 0.3 is 12.1 Å². The molecule has 0 aromatic carbocycles. The van der Waals surface area contributed by atoms with Gasteiger partial charge in [0.15, 0.2) is 5.65 Å². The van der Waals surface area contributed by atoms with Gasteiger partial charge in [-0.3, -0.25) is 9.58 Å². The molecule has 3 amide bonds. The highest BCUT2D eigenvalue weighted by atomic mass is 16.6. The maximum absolute atomic E-state index is 13.4. The molecule has 1 N–H and O–H groups in total. The lowest BCUT2D eigenvalue weighted by molar-refractivity contribution is 0.0159. The van der Waals surface area contributed by atoms with Crippen molar-refractivity contribution in [2.75, 3.05) is 47.9 Å². The molecular weight excluding hydrogens is 500 g/mol. The molecule has 208 valence electrons. The third-order valence-electron chi connectivity index (χ3n) is 6.79. The van der Waals surface area contributed by atoms with Gasteiger partial charge in [0.25, 0.3) is 0 Å². The van der Waals surface area contributed by atoms with Gasteiger partial charge in [-0.15, -0.1) is 0 Å². The molecule has 3 aromatic heterocycles. The van der Waals surface area contributed by atoms with Gasteiger partial charge < -0.3 is 24.6 Å². The van der Waals surface area contributed by atoms with Gasteiger partial charge in [0, 0.05) is 68.3 Å². The Balaban J connectivity index is 1.33. The van der Waals surface area contributed by atoms with E-state index in [1.807, 2.05) is 60.0 Å². The van der Waals surface area contributed by atoms with Crippen LogP contribution in [-0.2, 0) is 18.2 Å². The van der Waals surface area contributed by atoms with Crippen molar-refractivity contribution in [3.8, 4) is 5.88 Å². The number of ether oxygens (including phenoxy) is 2. The number of amides is 3. The topological polar surface area (TPSA) is 118 Å². The Kier molecular flexibility index (Phi) is 6.96. The Morgan fingerprint density at radius 1 is 1.21 bits per heavy atom. The molecule has 2 aliphatic heterocycles. The van der Waals surface area contributed by atoms with E-state index in [0.717, 1.165) is 16.6 Å². The predicted octanol–water partition coefficient (Wildman–Crippen LogP) is 3.80. The number of aromatic nitrogens is 4. The van der Waals surface area contributed by atoms with Crippen molar-refractivity contribution in [2.24, 2.45) is 7.05 Å². The molecule has 1 saturated heterocycles. The quantitative estimate of drug-likeness (QED) is 0.535. The van der Waals surface area contributed by atoms with E-state index >= 15 is 0 Å². The average Bonchev–Trinajstić information content (AvgIpc) is 3.45. The molecule has 0 unspecified atom stereocenters. The molecule has 12 nitrogen and oxygen atoms in total. The van der Waals surface area contributed by atoms with Crippen LogP contribution in [0.4, 0.5) is 26.8 Å². The molecule has 2 aliphatic rings. The lowest BCUT2D eigenvalue weighted by atomic mass is 10.1. The summed E-state index contributed by atoms with van der Waals surface area (Å²) in [6.45, 7) is 12.3. The summed E-state index contributed by atoms with van der Waals surface area (Å²) in [5.74, 6) is 0.968. The van der Waals surface area contributed by atoms with E-state index < -0.39 is 5.60 Å². The summed E-state index contributed by atoms with van der Waals surface area (Å²) in [7, 11) is 1.82. The summed E-state index contributed by atoms with van der Waals surface area (Å²) >= 11 is 0. The van der Waals surface area contributed by atoms with Crippen molar-refractivity contribution in [1.82, 2.24) is 24.6 Å². The molecular formula is C27H36N8O4. The third-order valence-corrected chi connectivity index (χ3v) is 6.79. The minimum absolute atomic E-state index is 0.0231. The Hall–Kier alpha value is -4.09. The maximum Gasteiger partial charge on any atom is 0.410 e. The van der Waals surface area contributed by atoms with Crippen LogP contribution in [0.1, 0.15) is 40.2 Å². The largest absolute Gasteiger partial charge is 0.476 e. The van der Waals surface area contributed by atoms with Crippen molar-refractivity contribution in [3.05, 3.63) is 30.1 Å². The lowest BCUT2D eigenvalue weighted by Gasteiger charge is -2.41. The van der Waals surface area contributed by atoms with Crippen molar-refractivity contribution in [3.63, 3.8) is 0 Å². The first kappa shape index (κ1) is 26.5. The number of rotatable bonds is 4.